The number of likely N-dealkylation sites (tertiary alicyclic amines) is 1. The zero-order valence-electron chi connectivity index (χ0n) is 8.16. The molecule has 0 radical (unpaired) electrons. The van der Waals surface area contributed by atoms with Crippen molar-refractivity contribution in [1.82, 2.24) is 4.90 Å². The van der Waals surface area contributed by atoms with E-state index in [0.717, 1.165) is 19.4 Å². The van der Waals surface area contributed by atoms with Gasteiger partial charge in [-0.25, -0.2) is 0 Å². The number of hydrogen-bond donors (Lipinski definition) is 1. The fourth-order valence-electron chi connectivity index (χ4n) is 1.51. The van der Waals surface area contributed by atoms with Gasteiger partial charge in [0, 0.05) is 19.7 Å². The molecule has 1 rings (SSSR count). The van der Waals surface area contributed by atoms with Crippen LogP contribution in [0.25, 0.3) is 0 Å². The zero-order chi connectivity index (χ0) is 9.68. The van der Waals surface area contributed by atoms with Gasteiger partial charge in [0.25, 0.3) is 0 Å². The van der Waals surface area contributed by atoms with Crippen molar-refractivity contribution in [3.05, 3.63) is 0 Å². The fraction of sp³-hybridized carbons (Fsp3) is 0.889. The third kappa shape index (κ3) is 2.97. The molecular formula is C9H18N2O2. The second-order valence-corrected chi connectivity index (χ2v) is 3.27. The Kier molecular flexibility index (Phi) is 4.18. The van der Waals surface area contributed by atoms with Gasteiger partial charge in [0.1, 0.15) is 0 Å². The standard InChI is InChI=1S/C9H18N2O2/c1-2-13-7-6-11-5-3-4-8(10)9(11)12/h8H,2-7,10H2,1H3. The van der Waals surface area contributed by atoms with Crippen LogP contribution in [0, 0.1) is 0 Å². The maximum absolute atomic E-state index is 11.5. The van der Waals surface area contributed by atoms with Crippen molar-refractivity contribution in [1.29, 1.82) is 0 Å². The molecule has 76 valence electrons. The van der Waals surface area contributed by atoms with Crippen LogP contribution in [0.4, 0.5) is 0 Å². The molecule has 0 aromatic rings. The molecule has 1 atom stereocenters. The third-order valence-electron chi connectivity index (χ3n) is 2.28. The largest absolute Gasteiger partial charge is 0.380 e. The Bertz CT molecular complexity index is 173. The number of hydrogen-bond acceptors (Lipinski definition) is 3. The first-order valence-corrected chi connectivity index (χ1v) is 4.87. The molecule has 1 amide bonds. The van der Waals surface area contributed by atoms with E-state index in [2.05, 4.69) is 0 Å². The SMILES string of the molecule is CCOCCN1CCCC(N)C1=O. The van der Waals surface area contributed by atoms with Gasteiger partial charge in [-0.15, -0.1) is 0 Å². The van der Waals surface area contributed by atoms with Crippen molar-refractivity contribution in [3.63, 3.8) is 0 Å². The molecule has 4 nitrogen and oxygen atoms in total. The van der Waals surface area contributed by atoms with Crippen molar-refractivity contribution in [2.45, 2.75) is 25.8 Å². The topological polar surface area (TPSA) is 55.6 Å². The molecule has 0 aromatic heterocycles. The highest BCUT2D eigenvalue weighted by Gasteiger charge is 2.24. The summed E-state index contributed by atoms with van der Waals surface area (Å²) in [7, 11) is 0. The number of piperidine rings is 1. The van der Waals surface area contributed by atoms with Gasteiger partial charge in [-0.3, -0.25) is 4.79 Å². The van der Waals surface area contributed by atoms with Crippen LogP contribution in [0.1, 0.15) is 19.8 Å². The van der Waals surface area contributed by atoms with Crippen molar-refractivity contribution in [2.24, 2.45) is 5.73 Å². The summed E-state index contributed by atoms with van der Waals surface area (Å²) in [6.45, 7) is 4.78. The second-order valence-electron chi connectivity index (χ2n) is 3.27. The monoisotopic (exact) mass is 186 g/mol. The summed E-state index contributed by atoms with van der Waals surface area (Å²) in [4.78, 5) is 13.3. The van der Waals surface area contributed by atoms with Crippen LogP contribution >= 0.6 is 0 Å². The van der Waals surface area contributed by atoms with E-state index in [-0.39, 0.29) is 11.9 Å². The lowest BCUT2D eigenvalue weighted by atomic mass is 10.1. The van der Waals surface area contributed by atoms with E-state index in [0.29, 0.717) is 19.8 Å². The van der Waals surface area contributed by atoms with Gasteiger partial charge in [-0.2, -0.15) is 0 Å². The van der Waals surface area contributed by atoms with Crippen LogP contribution in [0.15, 0.2) is 0 Å². The Labute approximate surface area is 79.0 Å². The smallest absolute Gasteiger partial charge is 0.239 e. The van der Waals surface area contributed by atoms with Crippen molar-refractivity contribution < 1.29 is 9.53 Å². The summed E-state index contributed by atoms with van der Waals surface area (Å²) in [5, 5.41) is 0. The van der Waals surface area contributed by atoms with Crippen molar-refractivity contribution in [2.75, 3.05) is 26.3 Å². The molecule has 1 fully saturated rings. The molecule has 1 heterocycles. The lowest BCUT2D eigenvalue weighted by Crippen LogP contribution is -2.49. The van der Waals surface area contributed by atoms with Crippen LogP contribution in [0.2, 0.25) is 0 Å². The molecule has 1 saturated heterocycles. The fourth-order valence-corrected chi connectivity index (χ4v) is 1.51. The summed E-state index contributed by atoms with van der Waals surface area (Å²) in [6.07, 6.45) is 1.84. The first-order valence-electron chi connectivity index (χ1n) is 4.87. The Morgan fingerprint density at radius 2 is 2.46 bits per heavy atom. The first kappa shape index (κ1) is 10.5. The average molecular weight is 186 g/mol. The maximum atomic E-state index is 11.5. The number of nitrogens with zero attached hydrogens (tertiary/aromatic N) is 1. The van der Waals surface area contributed by atoms with E-state index < -0.39 is 0 Å². The minimum absolute atomic E-state index is 0.0750. The summed E-state index contributed by atoms with van der Waals surface area (Å²) in [5.41, 5.74) is 5.64. The molecule has 0 spiro atoms. The summed E-state index contributed by atoms with van der Waals surface area (Å²) >= 11 is 0. The molecule has 0 aromatic carbocycles. The number of ether oxygens (including phenoxy) is 1. The molecule has 13 heavy (non-hydrogen) atoms. The van der Waals surface area contributed by atoms with Crippen LogP contribution < -0.4 is 5.73 Å². The Hall–Kier alpha value is -0.610. The predicted octanol–water partition coefficient (Wildman–Crippen LogP) is -0.0274. The second kappa shape index (κ2) is 5.19. The summed E-state index contributed by atoms with van der Waals surface area (Å²) in [5.74, 6) is 0.0750. The van der Waals surface area contributed by atoms with E-state index in [1.165, 1.54) is 0 Å². The van der Waals surface area contributed by atoms with Gasteiger partial charge in [0.2, 0.25) is 5.91 Å². The number of nitrogens with two attached hydrogens (primary N) is 1. The lowest BCUT2D eigenvalue weighted by molar-refractivity contribution is -0.135. The Morgan fingerprint density at radius 3 is 3.15 bits per heavy atom. The van der Waals surface area contributed by atoms with E-state index in [1.807, 2.05) is 6.92 Å². The minimum atomic E-state index is -0.282. The molecular weight excluding hydrogens is 168 g/mol. The molecule has 4 heteroatoms. The maximum Gasteiger partial charge on any atom is 0.239 e. The quantitative estimate of drug-likeness (QED) is 0.627. The number of carbonyl (C=O) groups is 1. The Morgan fingerprint density at radius 1 is 1.69 bits per heavy atom. The van der Waals surface area contributed by atoms with Gasteiger partial charge in [-0.1, -0.05) is 0 Å². The lowest BCUT2D eigenvalue weighted by Gasteiger charge is -2.30. The molecule has 1 aliphatic rings. The number of rotatable bonds is 4. The van der Waals surface area contributed by atoms with Gasteiger partial charge in [-0.05, 0) is 19.8 Å². The third-order valence-corrected chi connectivity index (χ3v) is 2.28. The highest BCUT2D eigenvalue weighted by molar-refractivity contribution is 5.82. The van der Waals surface area contributed by atoms with E-state index in [4.69, 9.17) is 10.5 Å². The summed E-state index contributed by atoms with van der Waals surface area (Å²) < 4.78 is 5.19. The molecule has 0 aliphatic carbocycles. The van der Waals surface area contributed by atoms with Crippen LogP contribution in [0.3, 0.4) is 0 Å². The molecule has 2 N–H and O–H groups in total. The van der Waals surface area contributed by atoms with Crippen LogP contribution in [-0.4, -0.2) is 43.2 Å². The van der Waals surface area contributed by atoms with E-state index in [1.54, 1.807) is 4.90 Å². The molecule has 0 saturated carbocycles. The average Bonchev–Trinajstić information content (AvgIpc) is 2.13. The normalized spacial score (nSPS) is 23.7. The van der Waals surface area contributed by atoms with Gasteiger partial charge < -0.3 is 15.4 Å². The van der Waals surface area contributed by atoms with Gasteiger partial charge in [0.15, 0.2) is 0 Å². The molecule has 0 bridgehead atoms. The minimum Gasteiger partial charge on any atom is -0.380 e. The number of carbonyl (C=O) groups excluding carboxylic acids is 1. The van der Waals surface area contributed by atoms with Crippen LogP contribution in [0.5, 0.6) is 0 Å². The van der Waals surface area contributed by atoms with E-state index in [9.17, 15) is 4.79 Å². The number of amides is 1. The zero-order valence-corrected chi connectivity index (χ0v) is 8.16. The molecule has 1 unspecified atom stereocenters. The predicted molar refractivity (Wildman–Crippen MR) is 50.3 cm³/mol. The highest BCUT2D eigenvalue weighted by Crippen LogP contribution is 2.09. The Balaban J connectivity index is 2.27. The first-order chi connectivity index (χ1) is 6.25. The van der Waals surface area contributed by atoms with Crippen molar-refractivity contribution >= 4 is 5.91 Å². The van der Waals surface area contributed by atoms with Crippen LogP contribution in [-0.2, 0) is 9.53 Å². The van der Waals surface area contributed by atoms with E-state index >= 15 is 0 Å². The van der Waals surface area contributed by atoms with Gasteiger partial charge >= 0.3 is 0 Å². The van der Waals surface area contributed by atoms with Crippen molar-refractivity contribution in [3.8, 4) is 0 Å². The molecule has 1 aliphatic heterocycles. The highest BCUT2D eigenvalue weighted by atomic mass is 16.5. The van der Waals surface area contributed by atoms with Gasteiger partial charge in [0.05, 0.1) is 12.6 Å². The summed E-state index contributed by atoms with van der Waals surface area (Å²) in [6, 6.07) is -0.282.